The van der Waals surface area contributed by atoms with Crippen molar-refractivity contribution in [3.05, 3.63) is 71.3 Å². The number of amides is 2. The molecule has 1 fully saturated rings. The van der Waals surface area contributed by atoms with Crippen LogP contribution in [0.5, 0.6) is 0 Å². The number of nitrogens with two attached hydrogens (primary N) is 1. The van der Waals surface area contributed by atoms with Crippen molar-refractivity contribution < 1.29 is 22.8 Å². The van der Waals surface area contributed by atoms with Crippen LogP contribution >= 0.6 is 0 Å². The molecule has 0 bridgehead atoms. The predicted octanol–water partition coefficient (Wildman–Crippen LogP) is 4.46. The zero-order valence-electron chi connectivity index (χ0n) is 17.3. The van der Waals surface area contributed by atoms with Crippen LogP contribution in [0.4, 0.5) is 24.5 Å². The molecule has 1 saturated carbocycles. The number of hydrogen-bond acceptors (Lipinski definition) is 4. The fourth-order valence-corrected chi connectivity index (χ4v) is 3.20. The van der Waals surface area contributed by atoms with E-state index in [9.17, 15) is 22.8 Å². The summed E-state index contributed by atoms with van der Waals surface area (Å²) in [5, 5.41) is 13.5. The van der Waals surface area contributed by atoms with Gasteiger partial charge in [0.1, 0.15) is 5.71 Å². The summed E-state index contributed by atoms with van der Waals surface area (Å²) in [5.41, 5.74) is 5.25. The number of halogens is 3. The maximum absolute atomic E-state index is 13.1. The highest BCUT2D eigenvalue weighted by Crippen LogP contribution is 2.37. The Bertz CT molecular complexity index is 1060. The molecule has 0 unspecified atom stereocenters. The number of anilines is 2. The van der Waals surface area contributed by atoms with Gasteiger partial charge in [0.15, 0.2) is 0 Å². The number of benzene rings is 2. The Balaban J connectivity index is 1.72. The Hall–Kier alpha value is -3.62. The minimum absolute atomic E-state index is 0.0747. The molecule has 2 amide bonds. The highest BCUT2D eigenvalue weighted by Gasteiger charge is 2.33. The summed E-state index contributed by atoms with van der Waals surface area (Å²) in [6.45, 7) is 1.50. The molecule has 2 aromatic rings. The summed E-state index contributed by atoms with van der Waals surface area (Å²) >= 11 is 0. The lowest BCUT2D eigenvalue weighted by atomic mass is 10.0. The highest BCUT2D eigenvalue weighted by molar-refractivity contribution is 6.44. The van der Waals surface area contributed by atoms with Gasteiger partial charge < -0.3 is 16.4 Å². The van der Waals surface area contributed by atoms with Crippen molar-refractivity contribution in [2.24, 2.45) is 5.92 Å². The Labute approximate surface area is 183 Å². The molecule has 0 spiro atoms. The van der Waals surface area contributed by atoms with Crippen LogP contribution in [0.15, 0.2) is 60.2 Å². The summed E-state index contributed by atoms with van der Waals surface area (Å²) in [5.74, 6) is -1.32. The van der Waals surface area contributed by atoms with Gasteiger partial charge in [-0.05, 0) is 67.2 Å². The normalized spacial score (nSPS) is 15.1. The van der Waals surface area contributed by atoms with Crippen LogP contribution < -0.4 is 16.4 Å². The summed E-state index contributed by atoms with van der Waals surface area (Å²) in [6, 6.07) is 11.0. The number of rotatable bonds is 7. The van der Waals surface area contributed by atoms with Crippen molar-refractivity contribution in [1.82, 2.24) is 5.32 Å². The molecule has 168 valence electrons. The first-order valence-electron chi connectivity index (χ1n) is 9.99. The zero-order valence-corrected chi connectivity index (χ0v) is 17.3. The lowest BCUT2D eigenvalue weighted by Crippen LogP contribution is -2.34. The van der Waals surface area contributed by atoms with Gasteiger partial charge in [-0.2, -0.15) is 13.2 Å². The summed E-state index contributed by atoms with van der Waals surface area (Å²) in [6.07, 6.45) is -1.84. The van der Waals surface area contributed by atoms with Crippen molar-refractivity contribution in [3.63, 3.8) is 0 Å². The van der Waals surface area contributed by atoms with Gasteiger partial charge in [-0.15, -0.1) is 0 Å². The van der Waals surface area contributed by atoms with E-state index in [0.717, 1.165) is 25.0 Å². The Morgan fingerprint density at radius 2 is 1.81 bits per heavy atom. The van der Waals surface area contributed by atoms with Crippen LogP contribution in [0, 0.1) is 11.3 Å². The first-order valence-corrected chi connectivity index (χ1v) is 9.99. The van der Waals surface area contributed by atoms with Crippen molar-refractivity contribution in [3.8, 4) is 0 Å². The Morgan fingerprint density at radius 3 is 2.41 bits per heavy atom. The molecule has 0 aliphatic heterocycles. The largest absolute Gasteiger partial charge is 0.416 e. The maximum atomic E-state index is 13.1. The molecule has 9 heteroatoms. The smallest absolute Gasteiger partial charge is 0.399 e. The third-order valence-electron chi connectivity index (χ3n) is 5.01. The third kappa shape index (κ3) is 5.96. The lowest BCUT2D eigenvalue weighted by molar-refractivity contribution is -0.137. The third-order valence-corrected chi connectivity index (χ3v) is 5.01. The number of carbonyl (C=O) groups excluding carboxylic acids is 2. The molecule has 2 aromatic carbocycles. The van der Waals surface area contributed by atoms with Gasteiger partial charge in [0, 0.05) is 17.5 Å². The van der Waals surface area contributed by atoms with E-state index in [1.807, 2.05) is 0 Å². The van der Waals surface area contributed by atoms with Crippen molar-refractivity contribution in [1.29, 1.82) is 5.41 Å². The first-order chi connectivity index (χ1) is 15.0. The van der Waals surface area contributed by atoms with Gasteiger partial charge in [0.25, 0.3) is 5.91 Å². The second kappa shape index (κ2) is 9.25. The standard InChI is InChI=1S/C23H23F3N4O2/c1-13(15-9-16(23(24,25)26)11-17(27)10-15)29-22(32)21(28)19(14-7-8-14)12-20(31)30-18-5-3-2-4-6-18/h2-6,9-14,28H,7-8,27H2,1H3,(H,29,32)(H,30,31)/b19-12-,28-21?/t13-/m1/s1. The van der Waals surface area contributed by atoms with Crippen molar-refractivity contribution >= 4 is 28.9 Å². The zero-order chi connectivity index (χ0) is 23.5. The number of alkyl halides is 3. The molecule has 1 aliphatic carbocycles. The SMILES string of the molecule is C[C@@H](NC(=O)C(=N)/C(=C\C(=O)Nc1ccccc1)C1CC1)c1cc(N)cc(C(F)(F)F)c1. The average Bonchev–Trinajstić information content (AvgIpc) is 3.56. The van der Waals surface area contributed by atoms with E-state index < -0.39 is 29.6 Å². The second-order valence-corrected chi connectivity index (χ2v) is 7.69. The Kier molecular flexibility index (Phi) is 6.67. The van der Waals surface area contributed by atoms with E-state index in [-0.39, 0.29) is 22.9 Å². The number of para-hydroxylation sites is 1. The molecule has 32 heavy (non-hydrogen) atoms. The lowest BCUT2D eigenvalue weighted by Gasteiger charge is -2.18. The molecule has 1 atom stereocenters. The molecule has 5 N–H and O–H groups in total. The van der Waals surface area contributed by atoms with Crippen LogP contribution in [0.1, 0.15) is 36.9 Å². The summed E-state index contributed by atoms with van der Waals surface area (Å²) < 4.78 is 39.2. The van der Waals surface area contributed by atoms with E-state index in [1.165, 1.54) is 19.1 Å². The predicted molar refractivity (Wildman–Crippen MR) is 116 cm³/mol. The second-order valence-electron chi connectivity index (χ2n) is 7.69. The minimum Gasteiger partial charge on any atom is -0.399 e. The number of hydrogen-bond donors (Lipinski definition) is 4. The van der Waals surface area contributed by atoms with Crippen LogP contribution in [-0.2, 0) is 15.8 Å². The van der Waals surface area contributed by atoms with Crippen LogP contribution in [0.2, 0.25) is 0 Å². The van der Waals surface area contributed by atoms with Crippen LogP contribution in [0.25, 0.3) is 0 Å². The van der Waals surface area contributed by atoms with Gasteiger partial charge >= 0.3 is 6.18 Å². The number of nitrogen functional groups attached to an aromatic ring is 1. The minimum atomic E-state index is -4.57. The average molecular weight is 444 g/mol. The molecular formula is C23H23F3N4O2. The highest BCUT2D eigenvalue weighted by atomic mass is 19.4. The monoisotopic (exact) mass is 444 g/mol. The van der Waals surface area contributed by atoms with Crippen LogP contribution in [-0.4, -0.2) is 17.5 Å². The van der Waals surface area contributed by atoms with Gasteiger partial charge in [-0.25, -0.2) is 0 Å². The van der Waals surface area contributed by atoms with E-state index in [4.69, 9.17) is 11.1 Å². The molecule has 0 heterocycles. The topological polar surface area (TPSA) is 108 Å². The van der Waals surface area contributed by atoms with E-state index >= 15 is 0 Å². The summed E-state index contributed by atoms with van der Waals surface area (Å²) in [4.78, 5) is 25.0. The number of carbonyl (C=O) groups is 2. The molecule has 0 saturated heterocycles. The van der Waals surface area contributed by atoms with E-state index in [0.29, 0.717) is 11.3 Å². The van der Waals surface area contributed by atoms with Gasteiger partial charge in [0.05, 0.1) is 11.6 Å². The van der Waals surface area contributed by atoms with Gasteiger partial charge in [0.2, 0.25) is 5.91 Å². The van der Waals surface area contributed by atoms with Crippen molar-refractivity contribution in [2.75, 3.05) is 11.1 Å². The number of nitrogens with one attached hydrogen (secondary N) is 3. The molecule has 0 radical (unpaired) electrons. The van der Waals surface area contributed by atoms with Crippen LogP contribution in [0.3, 0.4) is 0 Å². The molecule has 6 nitrogen and oxygen atoms in total. The van der Waals surface area contributed by atoms with Crippen molar-refractivity contribution in [2.45, 2.75) is 32.0 Å². The Morgan fingerprint density at radius 1 is 1.16 bits per heavy atom. The van der Waals surface area contributed by atoms with E-state index in [2.05, 4.69) is 10.6 Å². The molecule has 1 aliphatic rings. The molecular weight excluding hydrogens is 421 g/mol. The van der Waals surface area contributed by atoms with Gasteiger partial charge in [-0.1, -0.05) is 18.2 Å². The summed E-state index contributed by atoms with van der Waals surface area (Å²) in [7, 11) is 0. The van der Waals surface area contributed by atoms with Gasteiger partial charge in [-0.3, -0.25) is 15.0 Å². The fraction of sp³-hybridized carbons (Fsp3) is 0.261. The maximum Gasteiger partial charge on any atom is 0.416 e. The quantitative estimate of drug-likeness (QED) is 0.288. The fourth-order valence-electron chi connectivity index (χ4n) is 3.20. The molecule has 3 rings (SSSR count). The molecule has 0 aromatic heterocycles. The first kappa shape index (κ1) is 23.1. The van der Waals surface area contributed by atoms with E-state index in [1.54, 1.807) is 30.3 Å².